The largest absolute Gasteiger partial charge is 0.315 e. The summed E-state index contributed by atoms with van der Waals surface area (Å²) in [6, 6.07) is 0.664. The predicted molar refractivity (Wildman–Crippen MR) is 81.1 cm³/mol. The standard InChI is InChI=1S/C16H34N2/c1-5-6-9-12-15(17-2)16(18(3)4)13-10-7-8-11-14-16/h15,17H,5-14H2,1-4H3. The normalized spacial score (nSPS) is 21.8. The number of nitrogens with zero attached hydrogens (tertiary/aromatic N) is 1. The van der Waals surface area contributed by atoms with Crippen LogP contribution >= 0.6 is 0 Å². The summed E-state index contributed by atoms with van der Waals surface area (Å²) >= 11 is 0. The van der Waals surface area contributed by atoms with Gasteiger partial charge in [-0.3, -0.25) is 0 Å². The lowest BCUT2D eigenvalue weighted by Crippen LogP contribution is -2.58. The second-order valence-electron chi connectivity index (χ2n) is 6.25. The summed E-state index contributed by atoms with van der Waals surface area (Å²) in [5, 5.41) is 3.64. The molecule has 108 valence electrons. The number of likely N-dealkylation sites (N-methyl/N-ethyl adjacent to an activating group) is 2. The van der Waals surface area contributed by atoms with Crippen LogP contribution in [0.4, 0.5) is 0 Å². The van der Waals surface area contributed by atoms with Crippen LogP contribution in [0.5, 0.6) is 0 Å². The Kier molecular flexibility index (Phi) is 7.25. The first-order valence-corrected chi connectivity index (χ1v) is 8.02. The van der Waals surface area contributed by atoms with E-state index in [4.69, 9.17) is 0 Å². The fraction of sp³-hybridized carbons (Fsp3) is 1.00. The van der Waals surface area contributed by atoms with Crippen molar-refractivity contribution in [2.75, 3.05) is 21.1 Å². The maximum atomic E-state index is 3.64. The molecule has 1 rings (SSSR count). The van der Waals surface area contributed by atoms with Gasteiger partial charge in [0.05, 0.1) is 0 Å². The molecule has 0 spiro atoms. The number of hydrogen-bond donors (Lipinski definition) is 1. The Morgan fingerprint density at radius 3 is 2.11 bits per heavy atom. The summed E-state index contributed by atoms with van der Waals surface area (Å²) in [7, 11) is 6.73. The van der Waals surface area contributed by atoms with Crippen LogP contribution in [-0.2, 0) is 0 Å². The van der Waals surface area contributed by atoms with Gasteiger partial charge in [-0.2, -0.15) is 0 Å². The van der Waals surface area contributed by atoms with Crippen LogP contribution in [0, 0.1) is 0 Å². The Morgan fingerprint density at radius 2 is 1.67 bits per heavy atom. The van der Waals surface area contributed by atoms with Crippen molar-refractivity contribution in [1.82, 2.24) is 10.2 Å². The molecule has 0 bridgehead atoms. The van der Waals surface area contributed by atoms with Gasteiger partial charge in [0.15, 0.2) is 0 Å². The summed E-state index contributed by atoms with van der Waals surface area (Å²) in [5.41, 5.74) is 0.402. The van der Waals surface area contributed by atoms with Gasteiger partial charge in [-0.15, -0.1) is 0 Å². The molecular formula is C16H34N2. The van der Waals surface area contributed by atoms with E-state index < -0.39 is 0 Å². The summed E-state index contributed by atoms with van der Waals surface area (Å²) in [5.74, 6) is 0. The zero-order valence-corrected chi connectivity index (χ0v) is 13.1. The smallest absolute Gasteiger partial charge is 0.0356 e. The molecule has 0 saturated heterocycles. The van der Waals surface area contributed by atoms with Crippen LogP contribution < -0.4 is 5.32 Å². The van der Waals surface area contributed by atoms with Crippen molar-refractivity contribution in [3.63, 3.8) is 0 Å². The average molecular weight is 254 g/mol. The molecule has 0 aliphatic heterocycles. The zero-order chi connectivity index (χ0) is 13.4. The quantitative estimate of drug-likeness (QED) is 0.549. The SMILES string of the molecule is CCCCCC(NC)C1(N(C)C)CCCCCC1. The molecule has 1 fully saturated rings. The van der Waals surface area contributed by atoms with Gasteiger partial charge in [0, 0.05) is 11.6 Å². The van der Waals surface area contributed by atoms with Gasteiger partial charge < -0.3 is 10.2 Å². The van der Waals surface area contributed by atoms with E-state index in [9.17, 15) is 0 Å². The topological polar surface area (TPSA) is 15.3 Å². The fourth-order valence-corrected chi connectivity index (χ4v) is 3.73. The third kappa shape index (κ3) is 3.96. The molecule has 1 aliphatic carbocycles. The van der Waals surface area contributed by atoms with Gasteiger partial charge in [-0.25, -0.2) is 0 Å². The van der Waals surface area contributed by atoms with Crippen molar-refractivity contribution >= 4 is 0 Å². The molecule has 1 aliphatic rings. The molecule has 2 nitrogen and oxygen atoms in total. The average Bonchev–Trinajstić information content (AvgIpc) is 2.61. The molecule has 0 heterocycles. The molecule has 0 radical (unpaired) electrons. The van der Waals surface area contributed by atoms with Crippen molar-refractivity contribution in [3.05, 3.63) is 0 Å². The van der Waals surface area contributed by atoms with Gasteiger partial charge in [0.1, 0.15) is 0 Å². The first kappa shape index (κ1) is 16.0. The first-order valence-electron chi connectivity index (χ1n) is 8.02. The second kappa shape index (κ2) is 8.16. The minimum Gasteiger partial charge on any atom is -0.315 e. The van der Waals surface area contributed by atoms with E-state index in [2.05, 4.69) is 38.3 Å². The second-order valence-corrected chi connectivity index (χ2v) is 6.25. The van der Waals surface area contributed by atoms with Crippen LogP contribution in [0.2, 0.25) is 0 Å². The highest BCUT2D eigenvalue weighted by Crippen LogP contribution is 2.35. The highest BCUT2D eigenvalue weighted by Gasteiger charge is 2.39. The molecular weight excluding hydrogens is 220 g/mol. The predicted octanol–water partition coefficient (Wildman–Crippen LogP) is 3.81. The van der Waals surface area contributed by atoms with E-state index in [0.717, 1.165) is 0 Å². The molecule has 18 heavy (non-hydrogen) atoms. The van der Waals surface area contributed by atoms with Crippen LogP contribution in [-0.4, -0.2) is 37.6 Å². The lowest BCUT2D eigenvalue weighted by molar-refractivity contribution is 0.0785. The van der Waals surface area contributed by atoms with Gasteiger partial charge >= 0.3 is 0 Å². The molecule has 1 unspecified atom stereocenters. The zero-order valence-electron chi connectivity index (χ0n) is 13.1. The highest BCUT2D eigenvalue weighted by atomic mass is 15.2. The van der Waals surface area contributed by atoms with Crippen molar-refractivity contribution < 1.29 is 0 Å². The van der Waals surface area contributed by atoms with Crippen LogP contribution in [0.3, 0.4) is 0 Å². The highest BCUT2D eigenvalue weighted by molar-refractivity contribution is 4.99. The Balaban J connectivity index is 2.71. The van der Waals surface area contributed by atoms with Gasteiger partial charge in [-0.05, 0) is 40.4 Å². The fourth-order valence-electron chi connectivity index (χ4n) is 3.73. The third-order valence-electron chi connectivity index (χ3n) is 4.95. The molecule has 0 aromatic heterocycles. The van der Waals surface area contributed by atoms with Crippen molar-refractivity contribution in [1.29, 1.82) is 0 Å². The molecule has 2 heteroatoms. The summed E-state index contributed by atoms with van der Waals surface area (Å²) < 4.78 is 0. The monoisotopic (exact) mass is 254 g/mol. The lowest BCUT2D eigenvalue weighted by atomic mass is 9.79. The first-order chi connectivity index (χ1) is 8.67. The maximum Gasteiger partial charge on any atom is 0.0356 e. The summed E-state index contributed by atoms with van der Waals surface area (Å²) in [6.07, 6.45) is 13.8. The van der Waals surface area contributed by atoms with Crippen molar-refractivity contribution in [2.45, 2.75) is 82.7 Å². The molecule has 1 saturated carbocycles. The van der Waals surface area contributed by atoms with Crippen molar-refractivity contribution in [2.24, 2.45) is 0 Å². The van der Waals surface area contributed by atoms with E-state index >= 15 is 0 Å². The summed E-state index contributed by atoms with van der Waals surface area (Å²) in [6.45, 7) is 2.29. The summed E-state index contributed by atoms with van der Waals surface area (Å²) in [4.78, 5) is 2.52. The van der Waals surface area contributed by atoms with E-state index in [-0.39, 0.29) is 0 Å². The molecule has 0 amide bonds. The minimum atomic E-state index is 0.402. The Bertz CT molecular complexity index is 205. The van der Waals surface area contributed by atoms with Crippen LogP contribution in [0.25, 0.3) is 0 Å². The maximum absolute atomic E-state index is 3.64. The molecule has 0 aromatic rings. The van der Waals surface area contributed by atoms with Gasteiger partial charge in [0.2, 0.25) is 0 Å². The van der Waals surface area contributed by atoms with Gasteiger partial charge in [0.25, 0.3) is 0 Å². The number of hydrogen-bond acceptors (Lipinski definition) is 2. The molecule has 1 N–H and O–H groups in total. The Hall–Kier alpha value is -0.0800. The van der Waals surface area contributed by atoms with Gasteiger partial charge in [-0.1, -0.05) is 51.9 Å². The van der Waals surface area contributed by atoms with E-state index in [0.29, 0.717) is 11.6 Å². The minimum absolute atomic E-state index is 0.402. The lowest BCUT2D eigenvalue weighted by Gasteiger charge is -2.46. The van der Waals surface area contributed by atoms with E-state index in [1.165, 1.54) is 64.2 Å². The van der Waals surface area contributed by atoms with E-state index in [1.807, 2.05) is 0 Å². The Morgan fingerprint density at radius 1 is 1.06 bits per heavy atom. The molecule has 0 aromatic carbocycles. The van der Waals surface area contributed by atoms with Crippen LogP contribution in [0.15, 0.2) is 0 Å². The third-order valence-corrected chi connectivity index (χ3v) is 4.95. The Labute approximate surface area is 115 Å². The number of unbranched alkanes of at least 4 members (excludes halogenated alkanes) is 2. The molecule has 1 atom stereocenters. The number of nitrogens with one attached hydrogen (secondary N) is 1. The number of rotatable bonds is 7. The van der Waals surface area contributed by atoms with E-state index in [1.54, 1.807) is 0 Å². The van der Waals surface area contributed by atoms with Crippen molar-refractivity contribution in [3.8, 4) is 0 Å². The van der Waals surface area contributed by atoms with Crippen LogP contribution in [0.1, 0.15) is 71.1 Å².